The Hall–Kier alpha value is -2.90. The van der Waals surface area contributed by atoms with Crippen molar-refractivity contribution in [2.75, 3.05) is 6.61 Å². The monoisotopic (exact) mass is 449 g/mol. The first-order valence-electron chi connectivity index (χ1n) is 10.1. The molecule has 3 aromatic rings. The fourth-order valence-electron chi connectivity index (χ4n) is 3.11. The summed E-state index contributed by atoms with van der Waals surface area (Å²) in [6.45, 7) is 5.06. The molecule has 0 bridgehead atoms. The standard InChI is InChI=1S/C24H23N3O2S2/c1-16(2)12-13-29-20-10-8-17(9-11-20)22-18(14-21-23(28)25-24(30)31-21)15-27(26-22)19-6-4-3-5-7-19/h3-11,14-16H,12-13H2,1-2H3,(H,25,28,30). The van der Waals surface area contributed by atoms with Gasteiger partial charge in [0.1, 0.15) is 10.1 Å². The third-order valence-electron chi connectivity index (χ3n) is 4.78. The maximum absolute atomic E-state index is 12.2. The second kappa shape index (κ2) is 9.49. The summed E-state index contributed by atoms with van der Waals surface area (Å²) in [5.41, 5.74) is 3.53. The average Bonchev–Trinajstić information content (AvgIpc) is 3.32. The van der Waals surface area contributed by atoms with E-state index in [1.54, 1.807) is 0 Å². The number of ether oxygens (including phenoxy) is 1. The lowest BCUT2D eigenvalue weighted by Crippen LogP contribution is -2.17. The second-order valence-electron chi connectivity index (χ2n) is 7.62. The average molecular weight is 450 g/mol. The molecule has 31 heavy (non-hydrogen) atoms. The molecular weight excluding hydrogens is 426 g/mol. The van der Waals surface area contributed by atoms with Crippen molar-refractivity contribution in [2.24, 2.45) is 5.92 Å². The van der Waals surface area contributed by atoms with Crippen molar-refractivity contribution in [1.29, 1.82) is 0 Å². The van der Waals surface area contributed by atoms with Gasteiger partial charge < -0.3 is 10.1 Å². The smallest absolute Gasteiger partial charge is 0.263 e. The predicted octanol–water partition coefficient (Wildman–Crippen LogP) is 5.45. The minimum Gasteiger partial charge on any atom is -0.494 e. The largest absolute Gasteiger partial charge is 0.494 e. The van der Waals surface area contributed by atoms with Crippen LogP contribution in [-0.2, 0) is 4.79 Å². The summed E-state index contributed by atoms with van der Waals surface area (Å²) in [5, 5.41) is 7.47. The Morgan fingerprint density at radius 1 is 1.16 bits per heavy atom. The van der Waals surface area contributed by atoms with Gasteiger partial charge in [0.25, 0.3) is 5.91 Å². The van der Waals surface area contributed by atoms with Crippen molar-refractivity contribution in [1.82, 2.24) is 15.1 Å². The SMILES string of the molecule is CC(C)CCOc1ccc(-c2nn(-c3ccccc3)cc2C=C2SC(=S)NC2=O)cc1. The Labute approximate surface area is 191 Å². The Balaban J connectivity index is 1.67. The van der Waals surface area contributed by atoms with Gasteiger partial charge in [0.15, 0.2) is 0 Å². The lowest BCUT2D eigenvalue weighted by Gasteiger charge is -2.08. The second-order valence-corrected chi connectivity index (χ2v) is 9.34. The van der Waals surface area contributed by atoms with Crippen LogP contribution in [0.25, 0.3) is 23.0 Å². The number of rotatable bonds is 7. The van der Waals surface area contributed by atoms with Crippen molar-refractivity contribution in [3.63, 3.8) is 0 Å². The normalized spacial score (nSPS) is 15.0. The van der Waals surface area contributed by atoms with Gasteiger partial charge in [-0.05, 0) is 54.8 Å². The Morgan fingerprint density at radius 2 is 1.90 bits per heavy atom. The minimum absolute atomic E-state index is 0.178. The summed E-state index contributed by atoms with van der Waals surface area (Å²) in [5.74, 6) is 1.26. The van der Waals surface area contributed by atoms with Crippen LogP contribution in [0.5, 0.6) is 5.75 Å². The van der Waals surface area contributed by atoms with Gasteiger partial charge in [-0.3, -0.25) is 4.79 Å². The number of thioether (sulfide) groups is 1. The highest BCUT2D eigenvalue weighted by Gasteiger charge is 2.23. The van der Waals surface area contributed by atoms with Crippen molar-refractivity contribution in [2.45, 2.75) is 20.3 Å². The van der Waals surface area contributed by atoms with E-state index in [1.807, 2.05) is 71.6 Å². The molecule has 158 valence electrons. The first-order valence-corrected chi connectivity index (χ1v) is 11.4. The summed E-state index contributed by atoms with van der Waals surface area (Å²) in [6, 6.07) is 17.8. The highest BCUT2D eigenvalue weighted by atomic mass is 32.2. The molecule has 1 amide bonds. The van der Waals surface area contributed by atoms with Gasteiger partial charge in [0.2, 0.25) is 0 Å². The van der Waals surface area contributed by atoms with Crippen LogP contribution in [0.4, 0.5) is 0 Å². The van der Waals surface area contributed by atoms with Crippen molar-refractivity contribution in [3.8, 4) is 22.7 Å². The number of thiocarbonyl (C=S) groups is 1. The highest BCUT2D eigenvalue weighted by molar-refractivity contribution is 8.26. The quantitative estimate of drug-likeness (QED) is 0.384. The third kappa shape index (κ3) is 5.24. The summed E-state index contributed by atoms with van der Waals surface area (Å²) >= 11 is 6.38. The van der Waals surface area contributed by atoms with E-state index in [0.29, 0.717) is 21.8 Å². The van der Waals surface area contributed by atoms with Gasteiger partial charge in [-0.15, -0.1) is 0 Å². The molecule has 0 atom stereocenters. The molecule has 2 aromatic carbocycles. The number of nitrogens with zero attached hydrogens (tertiary/aromatic N) is 2. The number of aromatic nitrogens is 2. The lowest BCUT2D eigenvalue weighted by atomic mass is 10.1. The van der Waals surface area contributed by atoms with Gasteiger partial charge in [0.05, 0.1) is 22.9 Å². The Morgan fingerprint density at radius 3 is 2.55 bits per heavy atom. The van der Waals surface area contributed by atoms with E-state index in [0.717, 1.165) is 34.7 Å². The fourth-order valence-corrected chi connectivity index (χ4v) is 4.15. The van der Waals surface area contributed by atoms with Crippen LogP contribution in [0.15, 0.2) is 65.7 Å². The van der Waals surface area contributed by atoms with Gasteiger partial charge in [0, 0.05) is 17.3 Å². The van der Waals surface area contributed by atoms with E-state index in [-0.39, 0.29) is 5.91 Å². The van der Waals surface area contributed by atoms with E-state index in [9.17, 15) is 4.79 Å². The molecule has 1 aliphatic heterocycles. The van der Waals surface area contributed by atoms with Gasteiger partial charge in [-0.1, -0.05) is 56.0 Å². The molecule has 1 saturated heterocycles. The molecule has 0 unspecified atom stereocenters. The zero-order valence-corrected chi connectivity index (χ0v) is 19.0. The maximum atomic E-state index is 12.2. The van der Waals surface area contributed by atoms with Crippen molar-refractivity contribution in [3.05, 3.63) is 71.3 Å². The van der Waals surface area contributed by atoms with E-state index in [4.69, 9.17) is 22.1 Å². The van der Waals surface area contributed by atoms with Crippen LogP contribution in [0.2, 0.25) is 0 Å². The number of benzene rings is 2. The summed E-state index contributed by atoms with van der Waals surface area (Å²) < 4.78 is 8.13. The zero-order valence-electron chi connectivity index (χ0n) is 17.4. The molecule has 2 heterocycles. The molecule has 1 fully saturated rings. The molecular formula is C24H23N3O2S2. The first kappa shape index (κ1) is 21.3. The van der Waals surface area contributed by atoms with Crippen LogP contribution < -0.4 is 10.1 Å². The summed E-state index contributed by atoms with van der Waals surface area (Å²) in [6.07, 6.45) is 4.79. The highest BCUT2D eigenvalue weighted by Crippen LogP contribution is 2.31. The molecule has 0 radical (unpaired) electrons. The van der Waals surface area contributed by atoms with Gasteiger partial charge >= 0.3 is 0 Å². The number of hydrogen-bond donors (Lipinski definition) is 1. The molecule has 1 aliphatic rings. The predicted molar refractivity (Wildman–Crippen MR) is 130 cm³/mol. The zero-order chi connectivity index (χ0) is 21.8. The number of para-hydroxylation sites is 1. The van der Waals surface area contributed by atoms with Crippen LogP contribution in [-0.4, -0.2) is 26.6 Å². The number of amides is 1. The molecule has 1 aromatic heterocycles. The number of carbonyl (C=O) groups excluding carboxylic acids is 1. The molecule has 7 heteroatoms. The first-order chi connectivity index (χ1) is 15.0. The third-order valence-corrected chi connectivity index (χ3v) is 5.95. The maximum Gasteiger partial charge on any atom is 0.263 e. The van der Waals surface area contributed by atoms with Crippen molar-refractivity contribution < 1.29 is 9.53 Å². The Kier molecular flexibility index (Phi) is 6.53. The number of nitrogens with one attached hydrogen (secondary N) is 1. The summed E-state index contributed by atoms with van der Waals surface area (Å²) in [4.78, 5) is 12.7. The van der Waals surface area contributed by atoms with E-state index in [1.165, 1.54) is 11.8 Å². The minimum atomic E-state index is -0.178. The van der Waals surface area contributed by atoms with Crippen LogP contribution in [0.1, 0.15) is 25.8 Å². The summed E-state index contributed by atoms with van der Waals surface area (Å²) in [7, 11) is 0. The van der Waals surface area contributed by atoms with Gasteiger partial charge in [-0.2, -0.15) is 5.10 Å². The van der Waals surface area contributed by atoms with Gasteiger partial charge in [-0.25, -0.2) is 4.68 Å². The van der Waals surface area contributed by atoms with E-state index < -0.39 is 0 Å². The molecule has 1 N–H and O–H groups in total. The van der Waals surface area contributed by atoms with Crippen molar-refractivity contribution >= 4 is 40.3 Å². The fraction of sp³-hybridized carbons (Fsp3) is 0.208. The Bertz CT molecular complexity index is 1120. The van der Waals surface area contributed by atoms with Crippen LogP contribution in [0.3, 0.4) is 0 Å². The molecule has 5 nitrogen and oxygen atoms in total. The van der Waals surface area contributed by atoms with E-state index >= 15 is 0 Å². The number of hydrogen-bond acceptors (Lipinski definition) is 5. The lowest BCUT2D eigenvalue weighted by molar-refractivity contribution is -0.115. The van der Waals surface area contributed by atoms with Crippen LogP contribution >= 0.6 is 24.0 Å². The molecule has 4 rings (SSSR count). The molecule has 0 spiro atoms. The van der Waals surface area contributed by atoms with E-state index in [2.05, 4.69) is 19.2 Å². The van der Waals surface area contributed by atoms with Crippen LogP contribution in [0, 0.1) is 5.92 Å². The molecule has 0 saturated carbocycles. The number of carbonyl (C=O) groups is 1. The topological polar surface area (TPSA) is 56.1 Å². The molecule has 0 aliphatic carbocycles.